The van der Waals surface area contributed by atoms with Crippen LogP contribution in [0.1, 0.15) is 219 Å². The molecule has 0 aliphatic rings. The maximum absolute atomic E-state index is 12.5. The minimum absolute atomic E-state index is 0.00293. The lowest BCUT2D eigenvalue weighted by atomic mass is 9.98. The summed E-state index contributed by atoms with van der Waals surface area (Å²) in [5.41, 5.74) is 2.93. The lowest BCUT2D eigenvalue weighted by Gasteiger charge is -2.10. The Balaban J connectivity index is 0.000000204. The molecule has 0 radical (unpaired) electrons. The normalized spacial score (nSPS) is 11.6. The molecule has 0 saturated heterocycles. The monoisotopic (exact) mass is 2180 g/mol. The van der Waals surface area contributed by atoms with Crippen molar-refractivity contribution in [2.45, 2.75) is 147 Å². The third-order valence-corrected chi connectivity index (χ3v) is 32.2. The zero-order valence-corrected chi connectivity index (χ0v) is 92.4. The summed E-state index contributed by atoms with van der Waals surface area (Å²) in [5.74, 6) is 4.75. The summed E-state index contributed by atoms with van der Waals surface area (Å²) >= 11 is 25.3. The number of ketones is 14. The van der Waals surface area contributed by atoms with Crippen molar-refractivity contribution >= 4 is 282 Å². The van der Waals surface area contributed by atoms with Crippen molar-refractivity contribution in [3.63, 3.8) is 0 Å². The van der Waals surface area contributed by atoms with E-state index in [-0.39, 0.29) is 150 Å². The van der Waals surface area contributed by atoms with Gasteiger partial charge in [-0.15, -0.1) is 79.4 Å². The Morgan fingerprint density at radius 2 is 0.608 bits per heavy atom. The first kappa shape index (κ1) is 117. The van der Waals surface area contributed by atoms with Crippen molar-refractivity contribution in [3.05, 3.63) is 194 Å². The lowest BCUT2D eigenvalue weighted by molar-refractivity contribution is -0.122. The van der Waals surface area contributed by atoms with Crippen molar-refractivity contribution in [2.75, 3.05) is 83.0 Å². The number of halogens is 3. The Morgan fingerprint density at radius 1 is 0.329 bits per heavy atom. The molecule has 0 aliphatic heterocycles. The number of rotatable bonds is 41. The van der Waals surface area contributed by atoms with Crippen molar-refractivity contribution in [1.29, 1.82) is 0 Å². The van der Waals surface area contributed by atoms with Crippen LogP contribution in [-0.2, 0) is 44.7 Å². The largest absolute Gasteiger partial charge is 0.496 e. The van der Waals surface area contributed by atoms with Gasteiger partial charge in [0, 0.05) is 159 Å². The number of Topliss-reactive ketones (excluding diaryl/α,β-unsaturated/α-hetero) is 14. The van der Waals surface area contributed by atoms with Gasteiger partial charge in [0.25, 0.3) is 0 Å². The zero-order valence-electron chi connectivity index (χ0n) is 83.6. The molecule has 24 nitrogen and oxygen atoms in total. The molecule has 1 unspecified atom stereocenters. The minimum atomic E-state index is -0.401. The molecule has 4 atom stereocenters. The lowest BCUT2D eigenvalue weighted by Crippen LogP contribution is -2.20. The van der Waals surface area contributed by atoms with E-state index in [9.17, 15) is 67.1 Å². The fourth-order valence-electron chi connectivity index (χ4n) is 14.0. The molecule has 0 bridgehead atoms. The molecule has 143 heavy (non-hydrogen) atoms. The average molecular weight is 2180 g/mol. The van der Waals surface area contributed by atoms with Gasteiger partial charge >= 0.3 is 0 Å². The van der Waals surface area contributed by atoms with E-state index in [1.807, 2.05) is 110 Å². The molecule has 0 aliphatic carbocycles. The third kappa shape index (κ3) is 32.8. The molecular formula is C109H116BrCl2NO23S7. The molecule has 34 heteroatoms. The molecule has 7 heterocycles. The van der Waals surface area contributed by atoms with Crippen molar-refractivity contribution in [3.8, 4) is 46.0 Å². The Kier molecular flexibility index (Phi) is 45.4. The Labute approximate surface area is 877 Å². The summed E-state index contributed by atoms with van der Waals surface area (Å²) in [6.45, 7) is 22.0. The summed E-state index contributed by atoms with van der Waals surface area (Å²) in [5, 5.41) is 10.8. The van der Waals surface area contributed by atoms with Gasteiger partial charge in [-0.3, -0.25) is 52.7 Å². The number of thiophene rings is 7. The standard InChI is InChI=1S/C17H20O5S.C17H20O3S.C16H18O4S.C16H16O3S.C15H17NO3S.C14H13BrO3S.C14H12Cl2O2S/c1-10(18)12(9-20-2)5-13(19)17-7-11-6-14(21-3)15(22-4)8-16(11)23-17;1-5-12-8-16-13(7-15(12)20-4)9-17(21-16)14(19)6-10(2)11(3)18;1-9(10(2)17)5-12(18)16-7-11-6-13(19-3)14(20-4)8-15(11)21-16;1-4-11-7-12-8-16(13(18)6-5-10(2)17)20-15(12)9-14(11)19-3;1-9(17)4-5-12(18)15-7-10-6-11(16-2)13(19-3)8-14(10)20-15;1-8(16)3-4-11(17)14-6-9-5-10(15)12(18-2)7-13(9)19-14;1-7(8(2)17)3-12(18)14-5-9-4-10(15)11(16)6-13(9)19-14/h6-8,12H,5,9H2,1-4H3;7-10H,5-6H2,1-4H3;6-9H,5H2,1-4H3;4,7-9H,1,5-6H2,2-3H3;6-8,16H,4-5H2,1-3H3;5-7H,3-4H2,1-2H3;4-7H,3H2,1-2H3/t;10-;9-;;;;7-/m.00...0/s1. The predicted octanol–water partition coefficient (Wildman–Crippen LogP) is 28.2. The van der Waals surface area contributed by atoms with Crippen LogP contribution < -0.4 is 43.2 Å². The van der Waals surface area contributed by atoms with Crippen LogP contribution in [0, 0.1) is 23.7 Å². The number of ether oxygens (including phenoxy) is 9. The van der Waals surface area contributed by atoms with E-state index in [1.54, 1.807) is 102 Å². The fraction of sp³-hybridized carbons (Fsp3) is 0.339. The molecule has 14 rings (SSSR count). The first-order valence-corrected chi connectivity index (χ1v) is 52.5. The van der Waals surface area contributed by atoms with Gasteiger partial charge < -0.3 is 62.3 Å². The number of nitrogens with one attached hydrogen (secondary N) is 1. The molecule has 14 aromatic rings. The highest BCUT2D eigenvalue weighted by Crippen LogP contribution is 2.44. The van der Waals surface area contributed by atoms with E-state index in [2.05, 4.69) is 40.8 Å². The molecule has 1 N–H and O–H groups in total. The van der Waals surface area contributed by atoms with Crippen molar-refractivity contribution < 1.29 is 110 Å². The topological polar surface area (TPSA) is 334 Å². The third-order valence-electron chi connectivity index (χ3n) is 22.9. The Bertz CT molecular complexity index is 6760. The van der Waals surface area contributed by atoms with E-state index < -0.39 is 5.92 Å². The first-order valence-electron chi connectivity index (χ1n) is 45.2. The highest BCUT2D eigenvalue weighted by atomic mass is 79.9. The summed E-state index contributed by atoms with van der Waals surface area (Å²) < 4.78 is 55.1. The number of hydrogen-bond acceptors (Lipinski definition) is 31. The molecule has 0 spiro atoms. The molecule has 7 aromatic carbocycles. The molecular weight excluding hydrogens is 2070 g/mol. The maximum atomic E-state index is 12.5. The van der Waals surface area contributed by atoms with E-state index in [0.717, 1.165) is 121 Å². The summed E-state index contributed by atoms with van der Waals surface area (Å²) in [7, 11) is 16.2. The van der Waals surface area contributed by atoms with E-state index >= 15 is 0 Å². The smallest absolute Gasteiger partial charge is 0.173 e. The van der Waals surface area contributed by atoms with Gasteiger partial charge in [0.2, 0.25) is 0 Å². The maximum Gasteiger partial charge on any atom is 0.173 e. The minimum Gasteiger partial charge on any atom is -0.496 e. The number of anilines is 1. The summed E-state index contributed by atoms with van der Waals surface area (Å²) in [6.07, 6.45) is 5.28. The van der Waals surface area contributed by atoms with Crippen LogP contribution in [0.4, 0.5) is 5.69 Å². The van der Waals surface area contributed by atoms with Gasteiger partial charge in [-0.25, -0.2) is 0 Å². The molecule has 0 fully saturated rings. The Hall–Kier alpha value is -11.4. The summed E-state index contributed by atoms with van der Waals surface area (Å²) in [4.78, 5) is 168. The quantitative estimate of drug-likeness (QED) is 0.0348. The second-order valence-corrected chi connectivity index (χ2v) is 42.8. The van der Waals surface area contributed by atoms with Crippen LogP contribution in [-0.4, -0.2) is 159 Å². The van der Waals surface area contributed by atoms with Crippen LogP contribution in [0.15, 0.2) is 138 Å². The van der Waals surface area contributed by atoms with Gasteiger partial charge in [-0.05, 0) is 223 Å². The van der Waals surface area contributed by atoms with Crippen molar-refractivity contribution in [1.82, 2.24) is 0 Å². The Morgan fingerprint density at radius 3 is 0.930 bits per heavy atom. The second-order valence-electron chi connectivity index (χ2n) is 33.5. The van der Waals surface area contributed by atoms with Crippen LogP contribution in [0.5, 0.6) is 46.0 Å². The SMILES string of the molecule is C=Cc1cc2cc(C(=O)CCC(C)=O)sc2cc1OC.CC(=O)[C@@H](C)CC(=O)c1cc2cc(Cl)c(Cl)cc2s1.CCc1cc2sc(C(=O)C[C@H](C)C(C)=O)cc2cc1OC.CNc1cc2cc(C(=O)CCC(C)=O)sc2cc1OC.COCC(CC(=O)c1cc2cc(OC)c(OC)cc2s1)C(C)=O.COc1cc2cc(C(=O)C[C@H](C)C(C)=O)sc2cc1OC.COc1cc2sc(C(=O)CCC(C)=O)cc2cc1Br. The molecule has 7 aromatic heterocycles. The number of benzene rings is 7. The van der Waals surface area contributed by atoms with Crippen molar-refractivity contribution in [2.24, 2.45) is 23.7 Å². The molecule has 0 amide bonds. The van der Waals surface area contributed by atoms with Crippen LogP contribution in [0.3, 0.4) is 0 Å². The second kappa shape index (κ2) is 55.6. The average Bonchev–Trinajstić information content (AvgIpc) is 1.69. The van der Waals surface area contributed by atoms with Gasteiger partial charge in [0.15, 0.2) is 63.5 Å². The predicted molar refractivity (Wildman–Crippen MR) is 586 cm³/mol. The van der Waals surface area contributed by atoms with E-state index in [0.29, 0.717) is 86.4 Å². The first-order chi connectivity index (χ1) is 67.9. The van der Waals surface area contributed by atoms with Gasteiger partial charge in [0.1, 0.15) is 63.5 Å². The number of carbonyl (C=O) groups is 14. The van der Waals surface area contributed by atoms with Gasteiger partial charge in [-0.2, -0.15) is 0 Å². The zero-order chi connectivity index (χ0) is 106. The highest BCUT2D eigenvalue weighted by Gasteiger charge is 2.26. The fourth-order valence-corrected chi connectivity index (χ4v) is 22.2. The van der Waals surface area contributed by atoms with E-state index in [1.165, 1.54) is 135 Å². The highest BCUT2D eigenvalue weighted by molar-refractivity contribution is 9.10. The van der Waals surface area contributed by atoms with Crippen LogP contribution >= 0.6 is 118 Å². The van der Waals surface area contributed by atoms with Gasteiger partial charge in [0.05, 0.1) is 118 Å². The summed E-state index contributed by atoms with van der Waals surface area (Å²) in [6, 6.07) is 39.6. The van der Waals surface area contributed by atoms with Crippen LogP contribution in [0.2, 0.25) is 10.0 Å². The number of fused-ring (bicyclic) bond motifs is 7. The molecule has 0 saturated carbocycles. The number of aryl methyl sites for hydroxylation is 1. The molecule has 758 valence electrons. The number of methoxy groups -OCH3 is 9. The van der Waals surface area contributed by atoms with Crippen LogP contribution in [0.25, 0.3) is 76.7 Å². The van der Waals surface area contributed by atoms with E-state index in [4.69, 9.17) is 65.8 Å². The number of hydrogen-bond donors (Lipinski definition) is 1. The van der Waals surface area contributed by atoms with Gasteiger partial charge in [-0.1, -0.05) is 63.6 Å². The number of carbonyl (C=O) groups excluding carboxylic acids is 14.